The van der Waals surface area contributed by atoms with Crippen LogP contribution in [0, 0.1) is 6.92 Å². The maximum absolute atomic E-state index is 13.7. The van der Waals surface area contributed by atoms with E-state index in [4.69, 9.17) is 4.74 Å². The van der Waals surface area contributed by atoms with Crippen LogP contribution in [-0.4, -0.2) is 32.3 Å². The van der Waals surface area contributed by atoms with Gasteiger partial charge in [-0.05, 0) is 60.7 Å². The summed E-state index contributed by atoms with van der Waals surface area (Å²) in [5.41, 5.74) is 3.41. The predicted molar refractivity (Wildman–Crippen MR) is 135 cm³/mol. The number of sulfonamides is 1. The zero-order chi connectivity index (χ0) is 24.6. The Labute approximate surface area is 202 Å². The third kappa shape index (κ3) is 6.68. The maximum Gasteiger partial charge on any atom is 0.247 e. The summed E-state index contributed by atoms with van der Waals surface area (Å²) in [6.45, 7) is 3.70. The van der Waals surface area contributed by atoms with Gasteiger partial charge in [-0.1, -0.05) is 61.9 Å². The van der Waals surface area contributed by atoms with Crippen LogP contribution in [0.2, 0.25) is 0 Å². The van der Waals surface area contributed by atoms with E-state index >= 15 is 0 Å². The molecule has 0 radical (unpaired) electrons. The van der Waals surface area contributed by atoms with Crippen LogP contribution in [0.15, 0.2) is 77.7 Å². The van der Waals surface area contributed by atoms with Gasteiger partial charge in [0.05, 0.1) is 13.7 Å². The van der Waals surface area contributed by atoms with E-state index in [1.54, 1.807) is 18.2 Å². The molecule has 6 nitrogen and oxygen atoms in total. The number of benzene rings is 3. The van der Waals surface area contributed by atoms with Crippen LogP contribution in [0.4, 0.5) is 5.69 Å². The number of carbonyl (C=O) groups excluding carboxylic acids is 1. The van der Waals surface area contributed by atoms with E-state index in [9.17, 15) is 13.2 Å². The second kappa shape index (κ2) is 11.8. The summed E-state index contributed by atoms with van der Waals surface area (Å²) in [4.78, 5) is 13.0. The lowest BCUT2D eigenvalue weighted by Gasteiger charge is -2.23. The molecule has 0 aliphatic rings. The molecule has 0 saturated heterocycles. The van der Waals surface area contributed by atoms with Crippen LogP contribution in [0.25, 0.3) is 0 Å². The summed E-state index contributed by atoms with van der Waals surface area (Å²) < 4.78 is 33.8. The third-order valence-corrected chi connectivity index (χ3v) is 7.33. The summed E-state index contributed by atoms with van der Waals surface area (Å²) in [7, 11) is -2.59. The van der Waals surface area contributed by atoms with Gasteiger partial charge in [0.2, 0.25) is 15.9 Å². The number of hydrogen-bond acceptors (Lipinski definition) is 4. The summed E-state index contributed by atoms with van der Waals surface area (Å²) in [6.07, 6.45) is 3.22. The van der Waals surface area contributed by atoms with Gasteiger partial charge in [0.1, 0.15) is 10.6 Å². The molecule has 7 heteroatoms. The Balaban J connectivity index is 1.85. The van der Waals surface area contributed by atoms with Gasteiger partial charge in [-0.15, -0.1) is 0 Å². The van der Waals surface area contributed by atoms with Crippen LogP contribution in [-0.2, 0) is 27.8 Å². The molecule has 0 fully saturated rings. The number of carbonyl (C=O) groups is 1. The van der Waals surface area contributed by atoms with Gasteiger partial charge in [-0.25, -0.2) is 8.42 Å². The molecule has 0 bridgehead atoms. The molecule has 0 atom stereocenters. The summed E-state index contributed by atoms with van der Waals surface area (Å²) in [5, 5.41) is 2.83. The van der Waals surface area contributed by atoms with Crippen molar-refractivity contribution in [1.82, 2.24) is 4.31 Å². The van der Waals surface area contributed by atoms with E-state index < -0.39 is 15.9 Å². The molecule has 0 spiro atoms. The number of hydrogen-bond donors (Lipinski definition) is 1. The molecule has 1 amide bonds. The summed E-state index contributed by atoms with van der Waals surface area (Å²) in [5.74, 6) is -0.167. The lowest BCUT2D eigenvalue weighted by atomic mass is 10.1. The highest BCUT2D eigenvalue weighted by Gasteiger charge is 2.30. The predicted octanol–water partition coefficient (Wildman–Crippen LogP) is 5.18. The maximum atomic E-state index is 13.7. The average molecular weight is 481 g/mol. The zero-order valence-corrected chi connectivity index (χ0v) is 20.8. The van der Waals surface area contributed by atoms with E-state index in [-0.39, 0.29) is 23.7 Å². The molecular weight excluding hydrogens is 448 g/mol. The van der Waals surface area contributed by atoms with Crippen molar-refractivity contribution in [3.05, 3.63) is 89.5 Å². The first-order valence-electron chi connectivity index (χ1n) is 11.4. The van der Waals surface area contributed by atoms with Crippen molar-refractivity contribution < 1.29 is 17.9 Å². The van der Waals surface area contributed by atoms with Crippen LogP contribution in [0.3, 0.4) is 0 Å². The Morgan fingerprint density at radius 1 is 0.971 bits per heavy atom. The van der Waals surface area contributed by atoms with Crippen molar-refractivity contribution in [3.8, 4) is 5.75 Å². The van der Waals surface area contributed by atoms with Gasteiger partial charge in [-0.3, -0.25) is 4.79 Å². The number of aryl methyl sites for hydroxylation is 2. The summed E-state index contributed by atoms with van der Waals surface area (Å²) >= 11 is 0. The van der Waals surface area contributed by atoms with E-state index in [0.717, 1.165) is 30.4 Å². The number of rotatable bonds is 11. The molecule has 3 aromatic carbocycles. The molecule has 180 valence electrons. The average Bonchev–Trinajstić information content (AvgIpc) is 2.84. The number of methoxy groups -OCH3 is 1. The Bertz CT molecular complexity index is 1190. The molecule has 0 aliphatic heterocycles. The van der Waals surface area contributed by atoms with Crippen molar-refractivity contribution in [3.63, 3.8) is 0 Å². The Morgan fingerprint density at radius 3 is 2.32 bits per heavy atom. The third-order valence-electron chi connectivity index (χ3n) is 5.52. The van der Waals surface area contributed by atoms with Crippen LogP contribution < -0.4 is 10.1 Å². The topological polar surface area (TPSA) is 75.7 Å². The summed E-state index contributed by atoms with van der Waals surface area (Å²) in [6, 6.07) is 21.9. The molecule has 0 aliphatic carbocycles. The Hall–Kier alpha value is -3.16. The molecule has 3 rings (SSSR count). The molecule has 34 heavy (non-hydrogen) atoms. The fraction of sp³-hybridized carbons (Fsp3) is 0.296. The van der Waals surface area contributed by atoms with Gasteiger partial charge in [0.25, 0.3) is 0 Å². The van der Waals surface area contributed by atoms with Gasteiger partial charge in [0, 0.05) is 12.2 Å². The van der Waals surface area contributed by atoms with Crippen molar-refractivity contribution in [1.29, 1.82) is 0 Å². The quantitative estimate of drug-likeness (QED) is 0.411. The Morgan fingerprint density at radius 2 is 1.68 bits per heavy atom. The van der Waals surface area contributed by atoms with Gasteiger partial charge < -0.3 is 10.1 Å². The van der Waals surface area contributed by atoms with E-state index in [1.807, 2.05) is 61.5 Å². The van der Waals surface area contributed by atoms with Crippen molar-refractivity contribution >= 4 is 21.6 Å². The molecule has 0 unspecified atom stereocenters. The number of amides is 1. The second-order valence-corrected chi connectivity index (χ2v) is 10.2. The van der Waals surface area contributed by atoms with Gasteiger partial charge >= 0.3 is 0 Å². The van der Waals surface area contributed by atoms with Crippen molar-refractivity contribution in [2.45, 2.75) is 44.6 Å². The number of unbranched alkanes of at least 4 members (excludes halogenated alkanes) is 1. The van der Waals surface area contributed by atoms with E-state index in [0.29, 0.717) is 5.69 Å². The van der Waals surface area contributed by atoms with Crippen LogP contribution >= 0.6 is 0 Å². The fourth-order valence-corrected chi connectivity index (χ4v) is 5.26. The van der Waals surface area contributed by atoms with E-state index in [1.165, 1.54) is 17.0 Å². The molecule has 0 heterocycles. The number of nitrogens with zero attached hydrogens (tertiary/aromatic N) is 1. The molecule has 0 aromatic heterocycles. The van der Waals surface area contributed by atoms with Crippen molar-refractivity contribution in [2.75, 3.05) is 19.0 Å². The van der Waals surface area contributed by atoms with Gasteiger partial charge in [-0.2, -0.15) is 4.31 Å². The first kappa shape index (κ1) is 25.5. The van der Waals surface area contributed by atoms with Crippen LogP contribution in [0.1, 0.15) is 36.5 Å². The van der Waals surface area contributed by atoms with Crippen molar-refractivity contribution in [2.24, 2.45) is 0 Å². The first-order valence-corrected chi connectivity index (χ1v) is 12.8. The normalized spacial score (nSPS) is 11.4. The molecule has 0 saturated carbocycles. The largest absolute Gasteiger partial charge is 0.495 e. The highest BCUT2D eigenvalue weighted by molar-refractivity contribution is 7.89. The lowest BCUT2D eigenvalue weighted by molar-refractivity contribution is -0.116. The number of nitrogens with one attached hydrogen (secondary N) is 1. The zero-order valence-electron chi connectivity index (χ0n) is 20.0. The standard InChI is InChI=1S/C27H32N2O4S/c1-4-5-9-22-13-15-24(16-14-22)28-27(30)20-29(19-23-10-7-6-8-11-23)34(31,32)26-18-21(2)12-17-25(26)33-3/h6-8,10-18H,4-5,9,19-20H2,1-3H3,(H,28,30). The van der Waals surface area contributed by atoms with Crippen LogP contribution in [0.5, 0.6) is 5.75 Å². The fourth-order valence-electron chi connectivity index (χ4n) is 3.63. The highest BCUT2D eigenvalue weighted by Crippen LogP contribution is 2.29. The Kier molecular flexibility index (Phi) is 8.85. The molecule has 1 N–H and O–H groups in total. The highest BCUT2D eigenvalue weighted by atomic mass is 32.2. The minimum atomic E-state index is -4.02. The minimum absolute atomic E-state index is 0.0407. The lowest BCUT2D eigenvalue weighted by Crippen LogP contribution is -2.37. The number of anilines is 1. The van der Waals surface area contributed by atoms with E-state index in [2.05, 4.69) is 12.2 Å². The van der Waals surface area contributed by atoms with Gasteiger partial charge in [0.15, 0.2) is 0 Å². The number of ether oxygens (including phenoxy) is 1. The second-order valence-electron chi connectivity index (χ2n) is 8.26. The molecular formula is C27H32N2O4S. The monoisotopic (exact) mass is 480 g/mol. The SMILES string of the molecule is CCCCc1ccc(NC(=O)CN(Cc2ccccc2)S(=O)(=O)c2cc(C)ccc2OC)cc1. The molecule has 3 aromatic rings. The minimum Gasteiger partial charge on any atom is -0.495 e. The smallest absolute Gasteiger partial charge is 0.247 e. The first-order chi connectivity index (χ1) is 16.3.